The summed E-state index contributed by atoms with van der Waals surface area (Å²) in [6.07, 6.45) is 0.0597. The zero-order valence-electron chi connectivity index (χ0n) is 17.8. The van der Waals surface area contributed by atoms with Crippen LogP contribution in [0.25, 0.3) is 10.8 Å². The number of amides is 1. The Balaban J connectivity index is 1.70. The van der Waals surface area contributed by atoms with Gasteiger partial charge >= 0.3 is 5.63 Å². The Morgan fingerprint density at radius 3 is 2.52 bits per heavy atom. The summed E-state index contributed by atoms with van der Waals surface area (Å²) < 4.78 is 10.1. The SMILES string of the molecule is Cc1noc(=O)c2ccc(NC(=O)C(O)(Cc3ccccc3)c3ccc(OCS)cc3)cc12. The quantitative estimate of drug-likeness (QED) is 0.285. The van der Waals surface area contributed by atoms with Crippen molar-refractivity contribution in [2.24, 2.45) is 0 Å². The van der Waals surface area contributed by atoms with Crippen molar-refractivity contribution in [3.05, 3.63) is 100 Å². The standard InChI is InChI=1S/C25H22N2O5S/c1-16-22-13-19(9-12-21(22)23(28)32-27-16)26-24(29)25(30,14-17-5-3-2-4-6-17)18-7-10-20(11-8-18)31-15-33/h2-13,30,33H,14-15H2,1H3,(H,26,29). The number of fused-ring (bicyclic) bond motifs is 1. The van der Waals surface area contributed by atoms with Gasteiger partial charge in [-0.1, -0.05) is 47.6 Å². The van der Waals surface area contributed by atoms with Gasteiger partial charge in [-0.2, -0.15) is 0 Å². The van der Waals surface area contributed by atoms with Crippen LogP contribution in [0.15, 0.2) is 82.1 Å². The van der Waals surface area contributed by atoms with Crippen LogP contribution in [0.5, 0.6) is 5.75 Å². The van der Waals surface area contributed by atoms with Crippen LogP contribution < -0.4 is 15.7 Å². The second kappa shape index (κ2) is 9.48. The van der Waals surface area contributed by atoms with Crippen LogP contribution in [0.2, 0.25) is 0 Å². The van der Waals surface area contributed by atoms with Crippen LogP contribution >= 0.6 is 12.6 Å². The van der Waals surface area contributed by atoms with E-state index in [-0.39, 0.29) is 12.4 Å². The van der Waals surface area contributed by atoms with Crippen LogP contribution in [0.3, 0.4) is 0 Å². The molecule has 1 atom stereocenters. The van der Waals surface area contributed by atoms with E-state index in [1.165, 1.54) is 0 Å². The molecule has 4 rings (SSSR count). The van der Waals surface area contributed by atoms with Crippen molar-refractivity contribution in [3.8, 4) is 5.75 Å². The molecule has 1 heterocycles. The van der Waals surface area contributed by atoms with Gasteiger partial charge in [-0.05, 0) is 48.4 Å². The number of carbonyl (C=O) groups is 1. The molecule has 4 aromatic rings. The third-order valence-electron chi connectivity index (χ3n) is 5.39. The molecule has 1 amide bonds. The first kappa shape index (κ1) is 22.6. The number of thiol groups is 1. The average molecular weight is 463 g/mol. The van der Waals surface area contributed by atoms with Gasteiger partial charge in [0.25, 0.3) is 5.91 Å². The summed E-state index contributed by atoms with van der Waals surface area (Å²) in [6.45, 7) is 1.71. The summed E-state index contributed by atoms with van der Waals surface area (Å²) in [7, 11) is 0. The predicted molar refractivity (Wildman–Crippen MR) is 129 cm³/mol. The number of anilines is 1. The molecule has 0 spiro atoms. The fourth-order valence-electron chi connectivity index (χ4n) is 3.65. The van der Waals surface area contributed by atoms with Crippen LogP contribution in [0.1, 0.15) is 16.8 Å². The molecule has 0 saturated heterocycles. The summed E-state index contributed by atoms with van der Waals surface area (Å²) in [5.74, 6) is 0.178. The molecular formula is C25H22N2O5S. The largest absolute Gasteiger partial charge is 0.483 e. The maximum Gasteiger partial charge on any atom is 0.366 e. The van der Waals surface area contributed by atoms with Crippen molar-refractivity contribution < 1.29 is 19.2 Å². The number of nitrogens with one attached hydrogen (secondary N) is 1. The second-order valence-corrected chi connectivity index (χ2v) is 7.85. The number of aliphatic hydroxyl groups is 1. The minimum Gasteiger partial charge on any atom is -0.483 e. The summed E-state index contributed by atoms with van der Waals surface area (Å²) in [5, 5.41) is 19.1. The van der Waals surface area contributed by atoms with E-state index >= 15 is 0 Å². The van der Waals surface area contributed by atoms with Gasteiger partial charge in [0.05, 0.1) is 11.1 Å². The van der Waals surface area contributed by atoms with Gasteiger partial charge in [0.15, 0.2) is 5.60 Å². The lowest BCUT2D eigenvalue weighted by Gasteiger charge is -2.28. The molecule has 3 aromatic carbocycles. The number of nitrogens with zero attached hydrogens (tertiary/aromatic N) is 1. The lowest BCUT2D eigenvalue weighted by molar-refractivity contribution is -0.135. The molecule has 33 heavy (non-hydrogen) atoms. The molecule has 7 nitrogen and oxygen atoms in total. The van der Waals surface area contributed by atoms with E-state index in [2.05, 4.69) is 23.1 Å². The van der Waals surface area contributed by atoms with Gasteiger partial charge in [-0.25, -0.2) is 4.79 Å². The minimum absolute atomic E-state index is 0.0597. The van der Waals surface area contributed by atoms with Gasteiger partial charge in [-0.3, -0.25) is 4.79 Å². The first-order valence-electron chi connectivity index (χ1n) is 10.2. The number of aromatic nitrogens is 1. The lowest BCUT2D eigenvalue weighted by atomic mass is 9.86. The Morgan fingerprint density at radius 1 is 1.09 bits per heavy atom. The minimum atomic E-state index is -1.86. The van der Waals surface area contributed by atoms with Crippen LogP contribution in [0.4, 0.5) is 5.69 Å². The number of rotatable bonds is 7. The molecule has 0 bridgehead atoms. The third-order valence-corrected chi connectivity index (χ3v) is 5.52. The van der Waals surface area contributed by atoms with Crippen LogP contribution in [-0.4, -0.2) is 22.1 Å². The third kappa shape index (κ3) is 4.76. The molecule has 1 aromatic heterocycles. The maximum absolute atomic E-state index is 13.4. The van der Waals surface area contributed by atoms with Crippen molar-refractivity contribution in [1.82, 2.24) is 5.16 Å². The molecule has 0 radical (unpaired) electrons. The molecule has 0 aliphatic heterocycles. The topological polar surface area (TPSA) is 102 Å². The zero-order valence-corrected chi connectivity index (χ0v) is 18.7. The Kier molecular flexibility index (Phi) is 6.48. The van der Waals surface area contributed by atoms with Crippen molar-refractivity contribution in [2.75, 3.05) is 11.3 Å². The summed E-state index contributed by atoms with van der Waals surface area (Å²) in [5.41, 5.74) is -0.280. The molecule has 2 N–H and O–H groups in total. The molecule has 0 saturated carbocycles. The first-order chi connectivity index (χ1) is 15.9. The van der Waals surface area contributed by atoms with E-state index in [0.29, 0.717) is 33.5 Å². The Hall–Kier alpha value is -3.62. The maximum atomic E-state index is 13.4. The Bertz CT molecular complexity index is 1340. The summed E-state index contributed by atoms with van der Waals surface area (Å²) >= 11 is 4.04. The number of aryl methyl sites for hydroxylation is 1. The molecule has 8 heteroatoms. The highest BCUT2D eigenvalue weighted by molar-refractivity contribution is 7.80. The van der Waals surface area contributed by atoms with Gasteiger partial charge < -0.3 is 19.7 Å². The van der Waals surface area contributed by atoms with E-state index < -0.39 is 17.1 Å². The normalized spacial score (nSPS) is 12.8. The van der Waals surface area contributed by atoms with Gasteiger partial charge in [0.1, 0.15) is 11.7 Å². The van der Waals surface area contributed by atoms with E-state index in [1.54, 1.807) is 49.4 Å². The average Bonchev–Trinajstić information content (AvgIpc) is 2.83. The van der Waals surface area contributed by atoms with Crippen molar-refractivity contribution >= 4 is 35.0 Å². The Morgan fingerprint density at radius 2 is 1.82 bits per heavy atom. The number of hydrogen-bond acceptors (Lipinski definition) is 7. The first-order valence-corrected chi connectivity index (χ1v) is 10.9. The number of benzene rings is 3. The van der Waals surface area contributed by atoms with Crippen molar-refractivity contribution in [3.63, 3.8) is 0 Å². The number of hydrogen-bond donors (Lipinski definition) is 3. The molecule has 168 valence electrons. The highest BCUT2D eigenvalue weighted by Gasteiger charge is 2.38. The van der Waals surface area contributed by atoms with E-state index in [9.17, 15) is 14.7 Å². The number of carbonyl (C=O) groups excluding carboxylic acids is 1. The van der Waals surface area contributed by atoms with Gasteiger partial charge in [0, 0.05) is 17.5 Å². The lowest BCUT2D eigenvalue weighted by Crippen LogP contribution is -2.42. The van der Waals surface area contributed by atoms with Gasteiger partial charge in [-0.15, -0.1) is 12.6 Å². The fourth-order valence-corrected chi connectivity index (χ4v) is 3.80. The molecule has 1 unspecified atom stereocenters. The van der Waals surface area contributed by atoms with E-state index in [0.717, 1.165) is 5.56 Å². The highest BCUT2D eigenvalue weighted by atomic mass is 32.1. The summed E-state index contributed by atoms with van der Waals surface area (Å²) in [4.78, 5) is 25.4. The van der Waals surface area contributed by atoms with Crippen molar-refractivity contribution in [2.45, 2.75) is 18.9 Å². The summed E-state index contributed by atoms with van der Waals surface area (Å²) in [6, 6.07) is 20.7. The van der Waals surface area contributed by atoms with Crippen LogP contribution in [0, 0.1) is 6.92 Å². The molecule has 0 aliphatic carbocycles. The highest BCUT2D eigenvalue weighted by Crippen LogP contribution is 2.30. The molecule has 0 fully saturated rings. The monoisotopic (exact) mass is 462 g/mol. The van der Waals surface area contributed by atoms with E-state index in [1.807, 2.05) is 30.3 Å². The zero-order chi connectivity index (χ0) is 23.4. The fraction of sp³-hybridized carbons (Fsp3) is 0.160. The van der Waals surface area contributed by atoms with Crippen molar-refractivity contribution in [1.29, 1.82) is 0 Å². The van der Waals surface area contributed by atoms with E-state index in [4.69, 9.17) is 9.26 Å². The second-order valence-electron chi connectivity index (χ2n) is 7.59. The predicted octanol–water partition coefficient (Wildman–Crippen LogP) is 3.83. The molecular weight excluding hydrogens is 440 g/mol. The smallest absolute Gasteiger partial charge is 0.366 e. The number of ether oxygens (including phenoxy) is 1. The Labute approximate surface area is 195 Å². The van der Waals surface area contributed by atoms with Crippen LogP contribution in [-0.2, 0) is 16.8 Å². The van der Waals surface area contributed by atoms with Gasteiger partial charge in [0.2, 0.25) is 0 Å². The molecule has 0 aliphatic rings.